The summed E-state index contributed by atoms with van der Waals surface area (Å²) in [5.41, 5.74) is -1.54. The fourth-order valence-electron chi connectivity index (χ4n) is 2.61. The Morgan fingerprint density at radius 1 is 0.517 bits per heavy atom. The van der Waals surface area contributed by atoms with E-state index in [-0.39, 0.29) is 0 Å². The van der Waals surface area contributed by atoms with Crippen LogP contribution in [0.25, 0.3) is 0 Å². The van der Waals surface area contributed by atoms with Gasteiger partial charge < -0.3 is 0 Å². The lowest BCUT2D eigenvalue weighted by atomic mass is 10.2. The van der Waals surface area contributed by atoms with E-state index in [0.717, 1.165) is 36.3 Å². The molecular formula is C20H11F6I2S+. The van der Waals surface area contributed by atoms with Crippen molar-refractivity contribution in [1.29, 1.82) is 0 Å². The molecule has 0 aliphatic heterocycles. The fourth-order valence-corrected chi connectivity index (χ4v) is 7.10. The van der Waals surface area contributed by atoms with Crippen molar-refractivity contribution in [3.63, 3.8) is 0 Å². The number of benzene rings is 3. The molecule has 0 aliphatic carbocycles. The van der Waals surface area contributed by atoms with Crippen LogP contribution >= 0.6 is 45.2 Å². The van der Waals surface area contributed by atoms with E-state index < -0.39 is 34.4 Å². The summed E-state index contributed by atoms with van der Waals surface area (Å²) in [5.74, 6) is 0. The summed E-state index contributed by atoms with van der Waals surface area (Å²) in [7, 11) is -0.850. The second-order valence-electron chi connectivity index (χ2n) is 5.96. The second-order valence-corrected chi connectivity index (χ2v) is 10.5. The molecule has 3 rings (SSSR count). The van der Waals surface area contributed by atoms with Crippen LogP contribution in [-0.4, -0.2) is 0 Å². The minimum atomic E-state index is -4.46. The molecule has 152 valence electrons. The summed E-state index contributed by atoms with van der Waals surface area (Å²) >= 11 is 4.27. The molecule has 0 spiro atoms. The predicted octanol–water partition coefficient (Wildman–Crippen LogP) is 8.03. The van der Waals surface area contributed by atoms with Crippen molar-refractivity contribution in [3.8, 4) is 0 Å². The van der Waals surface area contributed by atoms with Gasteiger partial charge in [0.05, 0.1) is 22.0 Å². The maximum Gasteiger partial charge on any atom is 0.416 e. The molecule has 0 radical (unpaired) electrons. The third kappa shape index (κ3) is 5.60. The molecule has 0 aliphatic rings. The van der Waals surface area contributed by atoms with Crippen LogP contribution in [0.5, 0.6) is 0 Å². The zero-order chi connectivity index (χ0) is 21.4. The van der Waals surface area contributed by atoms with Crippen LogP contribution in [0.3, 0.4) is 0 Å². The largest absolute Gasteiger partial charge is 0.416 e. The smallest absolute Gasteiger partial charge is 0.166 e. The molecule has 0 bridgehead atoms. The molecule has 0 fully saturated rings. The monoisotopic (exact) mass is 651 g/mol. The lowest BCUT2D eigenvalue weighted by molar-refractivity contribution is -0.138. The summed E-state index contributed by atoms with van der Waals surface area (Å²) in [6.45, 7) is 0. The molecule has 0 saturated heterocycles. The highest BCUT2D eigenvalue weighted by Crippen LogP contribution is 2.37. The van der Waals surface area contributed by atoms with Crippen LogP contribution in [0, 0.1) is 7.14 Å². The molecule has 3 aromatic carbocycles. The van der Waals surface area contributed by atoms with Gasteiger partial charge >= 0.3 is 12.4 Å². The van der Waals surface area contributed by atoms with E-state index in [0.29, 0.717) is 9.79 Å². The number of alkyl halides is 6. The van der Waals surface area contributed by atoms with Crippen LogP contribution in [-0.2, 0) is 23.2 Å². The van der Waals surface area contributed by atoms with Crippen molar-refractivity contribution in [2.75, 3.05) is 0 Å². The zero-order valence-electron chi connectivity index (χ0n) is 14.3. The van der Waals surface area contributed by atoms with Crippen molar-refractivity contribution in [1.82, 2.24) is 0 Å². The maximum atomic E-state index is 12.9. The van der Waals surface area contributed by atoms with Gasteiger partial charge in [0.1, 0.15) is 0 Å². The van der Waals surface area contributed by atoms with Crippen LogP contribution in [0.4, 0.5) is 26.3 Å². The van der Waals surface area contributed by atoms with Crippen LogP contribution in [0.1, 0.15) is 11.1 Å². The summed E-state index contributed by atoms with van der Waals surface area (Å²) in [6.07, 6.45) is -8.91. The van der Waals surface area contributed by atoms with E-state index in [4.69, 9.17) is 0 Å². The van der Waals surface area contributed by atoms with Gasteiger partial charge in [-0.15, -0.1) is 0 Å². The van der Waals surface area contributed by atoms with Gasteiger partial charge in [-0.25, -0.2) is 0 Å². The fraction of sp³-hybridized carbons (Fsp3) is 0.100. The number of rotatable bonds is 3. The lowest BCUT2D eigenvalue weighted by Gasteiger charge is -2.12. The molecule has 0 heterocycles. The SMILES string of the molecule is FC(F)(F)c1ccc([S+](c2ccc(C(F)(F)F)cc2)c2cc(I)cc(I)c2)cc1. The Labute approximate surface area is 193 Å². The Hall–Kier alpha value is -0.950. The lowest BCUT2D eigenvalue weighted by Crippen LogP contribution is -2.09. The minimum absolute atomic E-state index is 0.593. The van der Waals surface area contributed by atoms with Gasteiger partial charge in [-0.3, -0.25) is 0 Å². The van der Waals surface area contributed by atoms with E-state index in [9.17, 15) is 26.3 Å². The third-order valence-electron chi connectivity index (χ3n) is 3.91. The molecule has 0 aromatic heterocycles. The molecule has 29 heavy (non-hydrogen) atoms. The molecule has 0 N–H and O–H groups in total. The summed E-state index contributed by atoms with van der Waals surface area (Å²) < 4.78 is 79.4. The molecule has 9 heteroatoms. The van der Waals surface area contributed by atoms with Crippen molar-refractivity contribution in [2.24, 2.45) is 0 Å². The van der Waals surface area contributed by atoms with Crippen LogP contribution < -0.4 is 0 Å². The summed E-state index contributed by atoms with van der Waals surface area (Å²) in [5, 5.41) is 0. The molecule has 0 nitrogen and oxygen atoms in total. The zero-order valence-corrected chi connectivity index (χ0v) is 19.4. The van der Waals surface area contributed by atoms with Gasteiger partial charge in [-0.2, -0.15) is 26.3 Å². The molecule has 0 saturated carbocycles. The van der Waals surface area contributed by atoms with Crippen LogP contribution in [0.2, 0.25) is 0 Å². The van der Waals surface area contributed by atoms with Gasteiger partial charge in [0.15, 0.2) is 14.7 Å². The normalized spacial score (nSPS) is 12.4. The molecule has 0 amide bonds. The average Bonchev–Trinajstić information content (AvgIpc) is 2.60. The van der Waals surface area contributed by atoms with Gasteiger partial charge in [0.25, 0.3) is 0 Å². The van der Waals surface area contributed by atoms with E-state index >= 15 is 0 Å². The van der Waals surface area contributed by atoms with Crippen molar-refractivity contribution in [3.05, 3.63) is 85.0 Å². The number of hydrogen-bond acceptors (Lipinski definition) is 0. The van der Waals surface area contributed by atoms with E-state index in [1.54, 1.807) is 0 Å². The first kappa shape index (κ1) is 22.7. The molecule has 3 aromatic rings. The standard InChI is InChI=1S/C20H11F6I2S/c21-19(22,23)12-1-5-16(6-2-12)29(18-10-14(27)9-15(28)11-18)17-7-3-13(4-8-17)20(24,25)26/h1-11H/q+1. The van der Waals surface area contributed by atoms with Crippen molar-refractivity contribution in [2.45, 2.75) is 27.0 Å². The quantitative estimate of drug-likeness (QED) is 0.153. The van der Waals surface area contributed by atoms with Gasteiger partial charge in [-0.1, -0.05) is 0 Å². The summed E-state index contributed by atoms with van der Waals surface area (Å²) in [4.78, 5) is 2.01. The second kappa shape index (κ2) is 8.66. The van der Waals surface area contributed by atoms with Gasteiger partial charge in [0, 0.05) is 19.3 Å². The Kier molecular flexibility index (Phi) is 6.78. The van der Waals surface area contributed by atoms with Crippen molar-refractivity contribution >= 4 is 56.1 Å². The van der Waals surface area contributed by atoms with E-state index in [2.05, 4.69) is 45.2 Å². The molecule has 0 atom stereocenters. The minimum Gasteiger partial charge on any atom is -0.166 e. The Morgan fingerprint density at radius 2 is 0.862 bits per heavy atom. The van der Waals surface area contributed by atoms with Crippen LogP contribution in [0.15, 0.2) is 81.4 Å². The maximum absolute atomic E-state index is 12.9. The first-order valence-electron chi connectivity index (χ1n) is 8.00. The highest BCUT2D eigenvalue weighted by molar-refractivity contribution is 14.1. The highest BCUT2D eigenvalue weighted by atomic mass is 127. The number of hydrogen-bond donors (Lipinski definition) is 0. The molecule has 0 unspecified atom stereocenters. The first-order chi connectivity index (χ1) is 13.4. The van der Waals surface area contributed by atoms with Gasteiger partial charge in [0.2, 0.25) is 0 Å². The average molecular weight is 651 g/mol. The van der Waals surface area contributed by atoms with E-state index in [1.165, 1.54) is 24.3 Å². The summed E-state index contributed by atoms with van der Waals surface area (Å²) in [6, 6.07) is 15.3. The van der Waals surface area contributed by atoms with E-state index in [1.807, 2.05) is 18.2 Å². The third-order valence-corrected chi connectivity index (χ3v) is 7.35. The topological polar surface area (TPSA) is 0 Å². The first-order valence-corrected chi connectivity index (χ1v) is 11.4. The Balaban J connectivity index is 2.12. The van der Waals surface area contributed by atoms with Gasteiger partial charge in [-0.05, 0) is 99.8 Å². The van der Waals surface area contributed by atoms with Crippen molar-refractivity contribution < 1.29 is 26.3 Å². The Bertz CT molecular complexity index is 918. The molecular weight excluding hydrogens is 640 g/mol. The number of halogens is 8. The Morgan fingerprint density at radius 3 is 1.17 bits per heavy atom. The highest BCUT2D eigenvalue weighted by Gasteiger charge is 2.35. The predicted molar refractivity (Wildman–Crippen MR) is 117 cm³/mol.